The summed E-state index contributed by atoms with van der Waals surface area (Å²) in [5.74, 6) is -0.443. The van der Waals surface area contributed by atoms with E-state index in [1.807, 2.05) is 0 Å². The fraction of sp³-hybridized carbons (Fsp3) is 0.143. The van der Waals surface area contributed by atoms with E-state index in [2.05, 4.69) is 5.32 Å². The van der Waals surface area contributed by atoms with E-state index in [-0.39, 0.29) is 12.1 Å². The van der Waals surface area contributed by atoms with Crippen LogP contribution in [0.25, 0.3) is 0 Å². The summed E-state index contributed by atoms with van der Waals surface area (Å²) >= 11 is 12.0. The molecule has 5 heteroatoms. The Morgan fingerprint density at radius 2 is 1.68 bits per heavy atom. The monoisotopic (exact) mass is 299 g/mol. The van der Waals surface area contributed by atoms with Crippen molar-refractivity contribution in [3.8, 4) is 0 Å². The normalized spacial score (nSPS) is 12.2. The highest BCUT2D eigenvalue weighted by Gasteiger charge is 2.13. The van der Waals surface area contributed by atoms with Crippen LogP contribution in [-0.2, 0) is 0 Å². The first kappa shape index (κ1) is 14.1. The molecule has 0 radical (unpaired) electrons. The van der Waals surface area contributed by atoms with Gasteiger partial charge in [0.25, 0.3) is 0 Å². The van der Waals surface area contributed by atoms with Crippen molar-refractivity contribution < 1.29 is 9.50 Å². The van der Waals surface area contributed by atoms with Crippen molar-refractivity contribution in [2.24, 2.45) is 0 Å². The maximum Gasteiger partial charge on any atom is 0.129 e. The molecule has 2 aromatic carbocycles. The van der Waals surface area contributed by atoms with E-state index >= 15 is 0 Å². The third kappa shape index (κ3) is 3.38. The molecule has 0 saturated carbocycles. The first-order chi connectivity index (χ1) is 9.09. The molecule has 0 heterocycles. The Kier molecular flexibility index (Phi) is 4.64. The van der Waals surface area contributed by atoms with E-state index in [4.69, 9.17) is 23.2 Å². The minimum atomic E-state index is -0.978. The van der Waals surface area contributed by atoms with Gasteiger partial charge in [0.15, 0.2) is 0 Å². The molecule has 0 bridgehead atoms. The Morgan fingerprint density at radius 1 is 1.05 bits per heavy atom. The number of benzene rings is 2. The number of halogens is 3. The highest BCUT2D eigenvalue weighted by atomic mass is 35.5. The molecule has 2 nitrogen and oxygen atoms in total. The Bertz CT molecular complexity index is 557. The van der Waals surface area contributed by atoms with Crippen molar-refractivity contribution in [3.63, 3.8) is 0 Å². The van der Waals surface area contributed by atoms with Crippen molar-refractivity contribution in [1.82, 2.24) is 0 Å². The van der Waals surface area contributed by atoms with Gasteiger partial charge in [-0.15, -0.1) is 0 Å². The lowest BCUT2D eigenvalue weighted by Gasteiger charge is -2.15. The van der Waals surface area contributed by atoms with E-state index < -0.39 is 11.9 Å². The number of rotatable bonds is 4. The third-order valence-corrected chi connectivity index (χ3v) is 3.33. The van der Waals surface area contributed by atoms with E-state index in [0.29, 0.717) is 15.7 Å². The minimum absolute atomic E-state index is 0.115. The second-order valence-electron chi connectivity index (χ2n) is 4.01. The molecule has 2 aromatic rings. The van der Waals surface area contributed by atoms with E-state index in [0.717, 1.165) is 0 Å². The summed E-state index contributed by atoms with van der Waals surface area (Å²) in [7, 11) is 0. The lowest BCUT2D eigenvalue weighted by atomic mass is 10.1. The predicted octanol–water partition coefficient (Wildman–Crippen LogP) is 4.28. The van der Waals surface area contributed by atoms with Gasteiger partial charge in [-0.3, -0.25) is 0 Å². The third-order valence-electron chi connectivity index (χ3n) is 2.70. The van der Waals surface area contributed by atoms with Crippen LogP contribution in [0, 0.1) is 5.82 Å². The maximum absolute atomic E-state index is 13.5. The van der Waals surface area contributed by atoms with Gasteiger partial charge in [-0.2, -0.15) is 0 Å². The van der Waals surface area contributed by atoms with Crippen LogP contribution in [0.15, 0.2) is 42.5 Å². The lowest BCUT2D eigenvalue weighted by molar-refractivity contribution is 0.186. The van der Waals surface area contributed by atoms with Crippen molar-refractivity contribution in [1.29, 1.82) is 0 Å². The van der Waals surface area contributed by atoms with Gasteiger partial charge in [0.2, 0.25) is 0 Å². The number of nitrogens with one attached hydrogen (secondary N) is 1. The summed E-state index contributed by atoms with van der Waals surface area (Å²) in [6, 6.07) is 11.2. The molecule has 0 aliphatic heterocycles. The number of hydrogen-bond donors (Lipinski definition) is 2. The van der Waals surface area contributed by atoms with Gasteiger partial charge in [0.1, 0.15) is 5.82 Å². The van der Waals surface area contributed by atoms with Crippen LogP contribution in [0.2, 0.25) is 10.0 Å². The second-order valence-corrected chi connectivity index (χ2v) is 4.83. The maximum atomic E-state index is 13.5. The average molecular weight is 300 g/mol. The summed E-state index contributed by atoms with van der Waals surface area (Å²) < 4.78 is 13.5. The Balaban J connectivity index is 2.09. The number of hydrogen-bond acceptors (Lipinski definition) is 2. The highest BCUT2D eigenvalue weighted by Crippen LogP contribution is 2.30. The molecule has 100 valence electrons. The van der Waals surface area contributed by atoms with Crippen LogP contribution in [0.5, 0.6) is 0 Å². The fourth-order valence-corrected chi connectivity index (χ4v) is 2.25. The van der Waals surface area contributed by atoms with E-state index in [1.54, 1.807) is 30.3 Å². The minimum Gasteiger partial charge on any atom is -0.386 e. The van der Waals surface area contributed by atoms with Crippen LogP contribution in [0.3, 0.4) is 0 Å². The van der Waals surface area contributed by atoms with E-state index in [1.165, 1.54) is 12.1 Å². The van der Waals surface area contributed by atoms with Crippen LogP contribution in [-0.4, -0.2) is 11.7 Å². The number of aliphatic hydroxyl groups is 1. The molecule has 0 spiro atoms. The van der Waals surface area contributed by atoms with E-state index in [9.17, 15) is 9.50 Å². The number of anilines is 1. The van der Waals surface area contributed by atoms with Crippen LogP contribution in [0.4, 0.5) is 10.1 Å². The molecule has 0 aliphatic carbocycles. The summed E-state index contributed by atoms with van der Waals surface area (Å²) in [5, 5.41) is 13.8. The zero-order valence-electron chi connectivity index (χ0n) is 9.91. The Hall–Kier alpha value is -1.29. The SMILES string of the molecule is OC(CNc1c(Cl)cccc1Cl)c1ccccc1F. The van der Waals surface area contributed by atoms with Gasteiger partial charge in [0, 0.05) is 12.1 Å². The van der Waals surface area contributed by atoms with Crippen LogP contribution < -0.4 is 5.32 Å². The molecule has 0 amide bonds. The summed E-state index contributed by atoms with van der Waals surface area (Å²) in [6.45, 7) is 0.115. The Morgan fingerprint density at radius 3 is 2.32 bits per heavy atom. The molecular formula is C14H12Cl2FNO. The second kappa shape index (κ2) is 6.24. The van der Waals surface area contributed by atoms with Gasteiger partial charge in [-0.1, -0.05) is 47.5 Å². The van der Waals surface area contributed by atoms with Gasteiger partial charge in [0.05, 0.1) is 21.8 Å². The lowest BCUT2D eigenvalue weighted by Crippen LogP contribution is -2.13. The zero-order valence-corrected chi connectivity index (χ0v) is 11.4. The van der Waals surface area contributed by atoms with Crippen LogP contribution >= 0.6 is 23.2 Å². The largest absolute Gasteiger partial charge is 0.386 e. The van der Waals surface area contributed by atoms with Gasteiger partial charge in [-0.25, -0.2) is 4.39 Å². The standard InChI is InChI=1S/C14H12Cl2FNO/c15-10-5-3-6-11(16)14(10)18-8-13(19)9-4-1-2-7-12(9)17/h1-7,13,18-19H,8H2. The molecule has 2 rings (SSSR count). The van der Waals surface area contributed by atoms with Crippen molar-refractivity contribution in [2.75, 3.05) is 11.9 Å². The molecule has 1 unspecified atom stereocenters. The predicted molar refractivity (Wildman–Crippen MR) is 76.3 cm³/mol. The van der Waals surface area contributed by atoms with Crippen molar-refractivity contribution >= 4 is 28.9 Å². The summed E-state index contributed by atoms with van der Waals surface area (Å²) in [6.07, 6.45) is -0.978. The molecule has 19 heavy (non-hydrogen) atoms. The average Bonchev–Trinajstić information content (AvgIpc) is 2.38. The molecule has 0 saturated heterocycles. The number of aliphatic hydroxyl groups excluding tert-OH is 1. The quantitative estimate of drug-likeness (QED) is 0.883. The summed E-state index contributed by atoms with van der Waals surface area (Å²) in [5.41, 5.74) is 0.763. The Labute approximate surface area is 120 Å². The first-order valence-electron chi connectivity index (χ1n) is 5.70. The first-order valence-corrected chi connectivity index (χ1v) is 6.45. The molecule has 1 atom stereocenters. The van der Waals surface area contributed by atoms with Gasteiger partial charge >= 0.3 is 0 Å². The fourth-order valence-electron chi connectivity index (χ4n) is 1.72. The zero-order chi connectivity index (χ0) is 13.8. The molecule has 2 N–H and O–H groups in total. The van der Waals surface area contributed by atoms with Gasteiger partial charge in [-0.05, 0) is 18.2 Å². The molecule has 0 aliphatic rings. The van der Waals surface area contributed by atoms with Crippen molar-refractivity contribution in [2.45, 2.75) is 6.10 Å². The van der Waals surface area contributed by atoms with Gasteiger partial charge < -0.3 is 10.4 Å². The van der Waals surface area contributed by atoms with Crippen LogP contribution in [0.1, 0.15) is 11.7 Å². The molecule has 0 aromatic heterocycles. The molecular weight excluding hydrogens is 288 g/mol. The smallest absolute Gasteiger partial charge is 0.129 e. The van der Waals surface area contributed by atoms with Crippen molar-refractivity contribution in [3.05, 3.63) is 63.9 Å². The summed E-state index contributed by atoms with van der Waals surface area (Å²) in [4.78, 5) is 0. The molecule has 0 fully saturated rings. The topological polar surface area (TPSA) is 32.3 Å². The number of para-hydroxylation sites is 1. The highest BCUT2D eigenvalue weighted by molar-refractivity contribution is 6.39.